The van der Waals surface area contributed by atoms with Crippen LogP contribution in [-0.4, -0.2) is 16.1 Å². The molecule has 8 heteroatoms. The van der Waals surface area contributed by atoms with Crippen LogP contribution in [0.3, 0.4) is 0 Å². The fraction of sp³-hybridized carbons (Fsp3) is 0.125. The number of benzene rings is 1. The third-order valence-electron chi connectivity index (χ3n) is 3.44. The van der Waals surface area contributed by atoms with Gasteiger partial charge in [-0.1, -0.05) is 23.2 Å². The largest absolute Gasteiger partial charge is 0.384 e. The Morgan fingerprint density at radius 3 is 2.58 bits per heavy atom. The number of halogens is 4. The van der Waals surface area contributed by atoms with E-state index in [1.807, 2.05) is 6.92 Å². The van der Waals surface area contributed by atoms with Gasteiger partial charge in [0.15, 0.2) is 16.6 Å². The zero-order chi connectivity index (χ0) is 17.4. The Balaban J connectivity index is 2.47. The molecule has 0 saturated heterocycles. The number of hydrogen-bond donors (Lipinski definition) is 1. The molecule has 4 nitrogen and oxygen atoms in total. The average molecular weight is 431 g/mol. The van der Waals surface area contributed by atoms with Gasteiger partial charge in [0.05, 0.1) is 11.4 Å². The third-order valence-corrected chi connectivity index (χ3v) is 4.70. The van der Waals surface area contributed by atoms with E-state index in [4.69, 9.17) is 23.2 Å². The molecule has 0 bridgehead atoms. The zero-order valence-corrected chi connectivity index (χ0v) is 15.5. The van der Waals surface area contributed by atoms with Gasteiger partial charge in [0.25, 0.3) is 5.56 Å². The summed E-state index contributed by atoms with van der Waals surface area (Å²) in [4.78, 5) is 16.9. The molecule has 3 aromatic rings. The van der Waals surface area contributed by atoms with Crippen LogP contribution in [0.15, 0.2) is 39.6 Å². The highest BCUT2D eigenvalue weighted by Crippen LogP contribution is 2.31. The molecule has 0 spiro atoms. The minimum absolute atomic E-state index is 0.257. The minimum Gasteiger partial charge on any atom is -0.384 e. The maximum Gasteiger partial charge on any atom is 0.273 e. The average Bonchev–Trinajstić information content (AvgIpc) is 2.56. The number of fused-ring (bicyclic) bond motifs is 1. The van der Waals surface area contributed by atoms with Crippen molar-refractivity contribution in [1.82, 2.24) is 9.55 Å². The molecular weight excluding hydrogens is 420 g/mol. The third kappa shape index (κ3) is 2.90. The Morgan fingerprint density at radius 2 is 1.96 bits per heavy atom. The first-order valence-corrected chi connectivity index (χ1v) is 8.59. The van der Waals surface area contributed by atoms with Crippen molar-refractivity contribution in [2.75, 3.05) is 11.9 Å². The maximum absolute atomic E-state index is 13.9. The molecule has 0 atom stereocenters. The predicted molar refractivity (Wildman–Crippen MR) is 99.2 cm³/mol. The summed E-state index contributed by atoms with van der Waals surface area (Å²) in [5.41, 5.74) is 0.947. The molecule has 3 rings (SSSR count). The van der Waals surface area contributed by atoms with Crippen molar-refractivity contribution in [3.05, 3.63) is 61.2 Å². The lowest BCUT2D eigenvalue weighted by molar-refractivity contribution is 0.624. The summed E-state index contributed by atoms with van der Waals surface area (Å²) < 4.78 is 15.6. The molecular formula is C16H11BrCl2FN3O. The highest BCUT2D eigenvalue weighted by atomic mass is 79.9. The van der Waals surface area contributed by atoms with Gasteiger partial charge in [0, 0.05) is 17.0 Å². The molecule has 0 aliphatic rings. The second-order valence-electron chi connectivity index (χ2n) is 4.97. The SMILES string of the molecule is CCNc1c(Br)c(=O)n(-c2ccc(Cl)cc2)c2nc(Cl)c(F)cc12. The molecule has 124 valence electrons. The maximum atomic E-state index is 13.9. The van der Waals surface area contributed by atoms with Crippen LogP contribution in [0.1, 0.15) is 6.92 Å². The van der Waals surface area contributed by atoms with Gasteiger partial charge in [-0.2, -0.15) is 0 Å². The van der Waals surface area contributed by atoms with E-state index in [9.17, 15) is 9.18 Å². The number of aromatic nitrogens is 2. The van der Waals surface area contributed by atoms with Crippen molar-refractivity contribution in [2.45, 2.75) is 6.92 Å². The lowest BCUT2D eigenvalue weighted by Gasteiger charge is -2.16. The smallest absolute Gasteiger partial charge is 0.273 e. The Hall–Kier alpha value is -1.63. The predicted octanol–water partition coefficient (Wildman–Crippen LogP) is 5.03. The quantitative estimate of drug-likeness (QED) is 0.593. The Bertz CT molecular complexity index is 990. The van der Waals surface area contributed by atoms with E-state index in [0.717, 1.165) is 0 Å². The van der Waals surface area contributed by atoms with Crippen LogP contribution in [0, 0.1) is 5.82 Å². The van der Waals surface area contributed by atoms with Gasteiger partial charge >= 0.3 is 0 Å². The summed E-state index contributed by atoms with van der Waals surface area (Å²) in [7, 11) is 0. The molecule has 0 fully saturated rings. The van der Waals surface area contributed by atoms with Crippen molar-refractivity contribution in [3.8, 4) is 5.69 Å². The highest BCUT2D eigenvalue weighted by molar-refractivity contribution is 9.10. The number of anilines is 1. The van der Waals surface area contributed by atoms with Crippen LogP contribution >= 0.6 is 39.1 Å². The highest BCUT2D eigenvalue weighted by Gasteiger charge is 2.19. The molecule has 2 aromatic heterocycles. The van der Waals surface area contributed by atoms with Gasteiger partial charge in [0.2, 0.25) is 0 Å². The van der Waals surface area contributed by atoms with Crippen LogP contribution in [0.2, 0.25) is 10.2 Å². The summed E-state index contributed by atoms with van der Waals surface area (Å²) >= 11 is 15.0. The normalized spacial score (nSPS) is 11.0. The van der Waals surface area contributed by atoms with E-state index in [2.05, 4.69) is 26.2 Å². The second kappa shape index (κ2) is 6.70. The number of pyridine rings is 2. The Morgan fingerprint density at radius 1 is 1.29 bits per heavy atom. The van der Waals surface area contributed by atoms with Gasteiger partial charge in [-0.05, 0) is 53.2 Å². The van der Waals surface area contributed by atoms with Crippen LogP contribution in [0.5, 0.6) is 0 Å². The van der Waals surface area contributed by atoms with Gasteiger partial charge in [0.1, 0.15) is 4.47 Å². The Kier molecular flexibility index (Phi) is 4.80. The first kappa shape index (κ1) is 17.2. The molecule has 1 N–H and O–H groups in total. The van der Waals surface area contributed by atoms with E-state index in [1.54, 1.807) is 24.3 Å². The molecule has 0 unspecified atom stereocenters. The topological polar surface area (TPSA) is 46.9 Å². The molecule has 0 aliphatic carbocycles. The number of rotatable bonds is 3. The van der Waals surface area contributed by atoms with Gasteiger partial charge in [-0.15, -0.1) is 0 Å². The lowest BCUT2D eigenvalue weighted by Crippen LogP contribution is -2.22. The number of hydrogen-bond acceptors (Lipinski definition) is 3. The van der Waals surface area contributed by atoms with Crippen molar-refractivity contribution < 1.29 is 4.39 Å². The zero-order valence-electron chi connectivity index (χ0n) is 12.4. The van der Waals surface area contributed by atoms with Gasteiger partial charge in [-0.25, -0.2) is 9.37 Å². The van der Waals surface area contributed by atoms with E-state index < -0.39 is 5.82 Å². The van der Waals surface area contributed by atoms with Crippen LogP contribution in [0.25, 0.3) is 16.7 Å². The van der Waals surface area contributed by atoms with Crippen molar-refractivity contribution in [2.24, 2.45) is 0 Å². The van der Waals surface area contributed by atoms with Crippen molar-refractivity contribution in [3.63, 3.8) is 0 Å². The summed E-state index contributed by atoms with van der Waals surface area (Å²) in [5.74, 6) is -0.656. The van der Waals surface area contributed by atoms with Gasteiger partial charge < -0.3 is 5.32 Å². The minimum atomic E-state index is -0.656. The first-order chi connectivity index (χ1) is 11.4. The molecule has 0 amide bonds. The second-order valence-corrected chi connectivity index (χ2v) is 6.56. The fourth-order valence-corrected chi connectivity index (χ4v) is 3.20. The van der Waals surface area contributed by atoms with E-state index in [1.165, 1.54) is 10.6 Å². The molecule has 0 aliphatic heterocycles. The summed E-state index contributed by atoms with van der Waals surface area (Å²) in [6.45, 7) is 2.44. The standard InChI is InChI=1S/C16H11BrCl2FN3O/c1-2-21-13-10-7-11(20)14(19)22-15(10)23(16(24)12(13)17)9-5-3-8(18)4-6-9/h3-7,21H,2H2,1H3. The van der Waals surface area contributed by atoms with Crippen LogP contribution in [0.4, 0.5) is 10.1 Å². The summed E-state index contributed by atoms with van der Waals surface area (Å²) in [6, 6.07) is 7.95. The number of nitrogens with zero attached hydrogens (tertiary/aromatic N) is 2. The molecule has 1 aromatic carbocycles. The van der Waals surface area contributed by atoms with E-state index >= 15 is 0 Å². The van der Waals surface area contributed by atoms with Crippen molar-refractivity contribution >= 4 is 55.9 Å². The monoisotopic (exact) mass is 429 g/mol. The van der Waals surface area contributed by atoms with Crippen LogP contribution in [-0.2, 0) is 0 Å². The Labute approximate surface area is 155 Å². The van der Waals surface area contributed by atoms with Gasteiger partial charge in [-0.3, -0.25) is 9.36 Å². The molecule has 0 saturated carbocycles. The van der Waals surface area contributed by atoms with Crippen LogP contribution < -0.4 is 10.9 Å². The molecule has 24 heavy (non-hydrogen) atoms. The first-order valence-electron chi connectivity index (χ1n) is 7.04. The number of nitrogens with one attached hydrogen (secondary N) is 1. The van der Waals surface area contributed by atoms with E-state index in [-0.39, 0.29) is 20.8 Å². The fourth-order valence-electron chi connectivity index (χ4n) is 2.41. The summed E-state index contributed by atoms with van der Waals surface area (Å²) in [5, 5.41) is 3.75. The molecule has 2 heterocycles. The summed E-state index contributed by atoms with van der Waals surface area (Å²) in [6.07, 6.45) is 0. The lowest BCUT2D eigenvalue weighted by atomic mass is 10.2. The molecule has 0 radical (unpaired) electrons. The van der Waals surface area contributed by atoms with Crippen molar-refractivity contribution in [1.29, 1.82) is 0 Å². The van der Waals surface area contributed by atoms with E-state index in [0.29, 0.717) is 28.3 Å².